The van der Waals surface area contributed by atoms with Crippen LogP contribution in [0.15, 0.2) is 23.5 Å². The minimum Gasteiger partial charge on any atom is -0.409 e. The summed E-state index contributed by atoms with van der Waals surface area (Å²) in [7, 11) is 0. The van der Waals surface area contributed by atoms with Crippen LogP contribution in [-0.4, -0.2) is 20.4 Å². The lowest BCUT2D eigenvalue weighted by Gasteiger charge is -1.97. The molecule has 0 atom stereocenters. The number of halogens is 1. The first-order valence-electron chi connectivity index (χ1n) is 4.26. The van der Waals surface area contributed by atoms with Gasteiger partial charge in [0.15, 0.2) is 5.84 Å². The van der Waals surface area contributed by atoms with Crippen molar-refractivity contribution in [1.29, 1.82) is 0 Å². The zero-order valence-electron chi connectivity index (χ0n) is 7.98. The van der Waals surface area contributed by atoms with Crippen LogP contribution in [0.1, 0.15) is 11.5 Å². The van der Waals surface area contributed by atoms with Crippen molar-refractivity contribution in [3.8, 4) is 0 Å². The van der Waals surface area contributed by atoms with Gasteiger partial charge in [-0.1, -0.05) is 5.16 Å². The average Bonchev–Trinajstić information content (AvgIpc) is 2.57. The molecule has 0 saturated heterocycles. The summed E-state index contributed by atoms with van der Waals surface area (Å²) in [6.45, 7) is 1.71. The molecule has 0 amide bonds. The largest absolute Gasteiger partial charge is 0.409 e. The van der Waals surface area contributed by atoms with Gasteiger partial charge in [0.25, 0.3) is 0 Å². The van der Waals surface area contributed by atoms with Crippen molar-refractivity contribution in [2.45, 2.75) is 6.92 Å². The van der Waals surface area contributed by atoms with Crippen LogP contribution in [0.2, 0.25) is 0 Å². The van der Waals surface area contributed by atoms with Gasteiger partial charge >= 0.3 is 0 Å². The fourth-order valence-corrected chi connectivity index (χ4v) is 1.47. The average molecular weight is 208 g/mol. The monoisotopic (exact) mass is 208 g/mol. The number of hydrogen-bond acceptors (Lipinski definition) is 3. The minimum atomic E-state index is -0.459. The molecular weight excluding hydrogens is 199 g/mol. The van der Waals surface area contributed by atoms with E-state index in [4.69, 9.17) is 10.9 Å². The molecule has 0 saturated carbocycles. The SMILES string of the molecule is Cc1nc(C(N)=NO)c2c(F)cccn12. The Balaban J connectivity index is 2.87. The van der Waals surface area contributed by atoms with Crippen molar-refractivity contribution in [3.63, 3.8) is 0 Å². The van der Waals surface area contributed by atoms with Crippen molar-refractivity contribution < 1.29 is 9.60 Å². The zero-order valence-corrected chi connectivity index (χ0v) is 7.98. The van der Waals surface area contributed by atoms with E-state index < -0.39 is 5.82 Å². The van der Waals surface area contributed by atoms with Crippen LogP contribution in [0.3, 0.4) is 0 Å². The summed E-state index contributed by atoms with van der Waals surface area (Å²) in [6.07, 6.45) is 1.66. The molecule has 5 nitrogen and oxygen atoms in total. The maximum atomic E-state index is 13.5. The third kappa shape index (κ3) is 1.30. The molecule has 0 fully saturated rings. The number of oxime groups is 1. The van der Waals surface area contributed by atoms with Gasteiger partial charge in [0.05, 0.1) is 0 Å². The highest BCUT2D eigenvalue weighted by atomic mass is 19.1. The lowest BCUT2D eigenvalue weighted by atomic mass is 10.3. The molecule has 0 radical (unpaired) electrons. The van der Waals surface area contributed by atoms with Crippen LogP contribution in [0.4, 0.5) is 4.39 Å². The van der Waals surface area contributed by atoms with Crippen molar-refractivity contribution in [1.82, 2.24) is 9.38 Å². The molecule has 0 bridgehead atoms. The molecule has 3 N–H and O–H groups in total. The van der Waals surface area contributed by atoms with Crippen molar-refractivity contribution in [2.75, 3.05) is 0 Å². The van der Waals surface area contributed by atoms with Gasteiger partial charge < -0.3 is 15.3 Å². The molecule has 2 aromatic heterocycles. The summed E-state index contributed by atoms with van der Waals surface area (Å²) in [4.78, 5) is 4.03. The maximum absolute atomic E-state index is 13.5. The standard InChI is InChI=1S/C9H9FN4O/c1-5-12-7(9(11)13-15)8-6(10)3-2-4-14(5)8/h2-4,15H,1H3,(H2,11,13). The van der Waals surface area contributed by atoms with E-state index in [1.807, 2.05) is 0 Å². The van der Waals surface area contributed by atoms with E-state index in [-0.39, 0.29) is 17.0 Å². The Morgan fingerprint density at radius 1 is 1.67 bits per heavy atom. The summed E-state index contributed by atoms with van der Waals surface area (Å²) in [5.74, 6) is -0.0866. The number of imidazole rings is 1. The quantitative estimate of drug-likeness (QED) is 0.316. The molecule has 0 aromatic carbocycles. The smallest absolute Gasteiger partial charge is 0.191 e. The Morgan fingerprint density at radius 3 is 3.07 bits per heavy atom. The van der Waals surface area contributed by atoms with Crippen molar-refractivity contribution >= 4 is 11.4 Å². The summed E-state index contributed by atoms with van der Waals surface area (Å²) in [6, 6.07) is 2.86. The number of hydrogen-bond donors (Lipinski definition) is 2. The lowest BCUT2D eigenvalue weighted by Crippen LogP contribution is -2.14. The highest BCUT2D eigenvalue weighted by molar-refractivity contribution is 6.01. The van der Waals surface area contributed by atoms with Gasteiger partial charge in [-0.25, -0.2) is 9.37 Å². The minimum absolute atomic E-state index is 0.146. The Bertz CT molecular complexity index is 546. The molecular formula is C9H9FN4O. The number of fused-ring (bicyclic) bond motifs is 1. The lowest BCUT2D eigenvalue weighted by molar-refractivity contribution is 0.318. The van der Waals surface area contributed by atoms with Crippen LogP contribution in [0, 0.1) is 12.7 Å². The number of nitrogens with zero attached hydrogens (tertiary/aromatic N) is 3. The fraction of sp³-hybridized carbons (Fsp3) is 0.111. The molecule has 2 rings (SSSR count). The third-order valence-corrected chi connectivity index (χ3v) is 2.14. The molecule has 2 aromatic rings. The molecule has 0 aliphatic carbocycles. The summed E-state index contributed by atoms with van der Waals surface area (Å²) < 4.78 is 15.0. The van der Waals surface area contributed by atoms with Crippen LogP contribution in [-0.2, 0) is 0 Å². The van der Waals surface area contributed by atoms with E-state index in [2.05, 4.69) is 10.1 Å². The van der Waals surface area contributed by atoms with E-state index in [0.29, 0.717) is 5.82 Å². The third-order valence-electron chi connectivity index (χ3n) is 2.14. The molecule has 0 spiro atoms. The van der Waals surface area contributed by atoms with Crippen LogP contribution < -0.4 is 5.73 Å². The molecule has 0 aliphatic rings. The first-order chi connectivity index (χ1) is 7.15. The van der Waals surface area contributed by atoms with E-state index >= 15 is 0 Å². The van der Waals surface area contributed by atoms with Gasteiger partial charge in [0, 0.05) is 6.20 Å². The van der Waals surface area contributed by atoms with Gasteiger partial charge in [-0.2, -0.15) is 0 Å². The van der Waals surface area contributed by atoms with Crippen LogP contribution in [0.5, 0.6) is 0 Å². The van der Waals surface area contributed by atoms with Crippen molar-refractivity contribution in [3.05, 3.63) is 35.7 Å². The highest BCUT2D eigenvalue weighted by Crippen LogP contribution is 2.16. The number of amidine groups is 1. The molecule has 0 unspecified atom stereocenters. The number of pyridine rings is 1. The number of aromatic nitrogens is 2. The van der Waals surface area contributed by atoms with E-state index in [9.17, 15) is 4.39 Å². The Morgan fingerprint density at radius 2 is 2.40 bits per heavy atom. The fourth-order valence-electron chi connectivity index (χ4n) is 1.47. The molecule has 6 heteroatoms. The van der Waals surface area contributed by atoms with Gasteiger partial charge in [0.2, 0.25) is 0 Å². The predicted molar refractivity (Wildman–Crippen MR) is 52.4 cm³/mol. The first-order valence-corrected chi connectivity index (χ1v) is 4.26. The summed E-state index contributed by atoms with van der Waals surface area (Å²) >= 11 is 0. The highest BCUT2D eigenvalue weighted by Gasteiger charge is 2.15. The maximum Gasteiger partial charge on any atom is 0.191 e. The predicted octanol–water partition coefficient (Wildman–Crippen LogP) is 0.876. The van der Waals surface area contributed by atoms with Gasteiger partial charge in [-0.3, -0.25) is 0 Å². The molecule has 15 heavy (non-hydrogen) atoms. The molecule has 0 aliphatic heterocycles. The molecule has 2 heterocycles. The number of aryl methyl sites for hydroxylation is 1. The second-order valence-electron chi connectivity index (χ2n) is 3.07. The molecule has 78 valence electrons. The van der Waals surface area contributed by atoms with E-state index in [1.165, 1.54) is 6.07 Å². The topological polar surface area (TPSA) is 75.9 Å². The Kier molecular flexibility index (Phi) is 2.03. The van der Waals surface area contributed by atoms with Crippen LogP contribution >= 0.6 is 0 Å². The van der Waals surface area contributed by atoms with Gasteiger partial charge in [0.1, 0.15) is 22.9 Å². The van der Waals surface area contributed by atoms with E-state index in [0.717, 1.165) is 0 Å². The van der Waals surface area contributed by atoms with Gasteiger partial charge in [-0.15, -0.1) is 0 Å². The summed E-state index contributed by atoms with van der Waals surface area (Å²) in [5, 5.41) is 11.4. The van der Waals surface area contributed by atoms with Gasteiger partial charge in [-0.05, 0) is 19.1 Å². The summed E-state index contributed by atoms with van der Waals surface area (Å²) in [5.41, 5.74) is 5.76. The Hall–Kier alpha value is -2.11. The van der Waals surface area contributed by atoms with E-state index in [1.54, 1.807) is 23.6 Å². The number of nitrogens with two attached hydrogens (primary N) is 1. The van der Waals surface area contributed by atoms with Crippen LogP contribution in [0.25, 0.3) is 5.52 Å². The second kappa shape index (κ2) is 3.23. The van der Waals surface area contributed by atoms with Crippen molar-refractivity contribution in [2.24, 2.45) is 10.9 Å². The number of rotatable bonds is 1. The zero-order chi connectivity index (χ0) is 11.0. The first kappa shape index (κ1) is 9.45. The normalized spacial score (nSPS) is 12.3. The Labute approximate surface area is 84.6 Å². The second-order valence-corrected chi connectivity index (χ2v) is 3.07.